The van der Waals surface area contributed by atoms with Crippen LogP contribution in [0.4, 0.5) is 33.2 Å². The van der Waals surface area contributed by atoms with Crippen molar-refractivity contribution in [3.8, 4) is 17.2 Å². The molecule has 0 unspecified atom stereocenters. The summed E-state index contributed by atoms with van der Waals surface area (Å²) in [6, 6.07) is 17.7. The lowest BCUT2D eigenvalue weighted by Gasteiger charge is -2.16. The van der Waals surface area contributed by atoms with Gasteiger partial charge in [0.2, 0.25) is 11.7 Å². The van der Waals surface area contributed by atoms with Crippen molar-refractivity contribution in [1.82, 2.24) is 9.97 Å². The summed E-state index contributed by atoms with van der Waals surface area (Å²) in [6.07, 6.45) is 0.992. The van der Waals surface area contributed by atoms with E-state index in [0.29, 0.717) is 28.6 Å². The smallest absolute Gasteiger partial charge is 0.261 e. The fourth-order valence-electron chi connectivity index (χ4n) is 3.41. The Labute approximate surface area is 213 Å². The molecule has 3 N–H and O–H groups in total. The normalized spacial score (nSPS) is 10.9. The van der Waals surface area contributed by atoms with Crippen LogP contribution in [0.5, 0.6) is 17.2 Å². The molecule has 10 nitrogen and oxygen atoms in total. The molecule has 0 aliphatic heterocycles. The highest BCUT2D eigenvalue weighted by atomic mass is 32.2. The highest BCUT2D eigenvalue weighted by Gasteiger charge is 2.18. The first-order valence-corrected chi connectivity index (χ1v) is 12.4. The van der Waals surface area contributed by atoms with Crippen molar-refractivity contribution < 1.29 is 27.0 Å². The van der Waals surface area contributed by atoms with Crippen molar-refractivity contribution in [2.45, 2.75) is 4.90 Å². The zero-order valence-corrected chi connectivity index (χ0v) is 21.0. The minimum atomic E-state index is -3.87. The second-order valence-electron chi connectivity index (χ2n) is 7.52. The zero-order chi connectivity index (χ0) is 26.4. The quantitative estimate of drug-likeness (QED) is 0.264. The van der Waals surface area contributed by atoms with E-state index in [9.17, 15) is 12.8 Å². The Hall–Kier alpha value is -4.58. The molecule has 0 saturated heterocycles. The van der Waals surface area contributed by atoms with Crippen LogP contribution in [0.3, 0.4) is 0 Å². The molecule has 0 radical (unpaired) electrons. The first kappa shape index (κ1) is 25.5. The number of anilines is 5. The van der Waals surface area contributed by atoms with Gasteiger partial charge in [-0.2, -0.15) is 4.98 Å². The molecule has 0 fully saturated rings. The number of hydrogen-bond acceptors (Lipinski definition) is 9. The van der Waals surface area contributed by atoms with Crippen molar-refractivity contribution in [3.05, 3.63) is 78.7 Å². The molecule has 1 heterocycles. The zero-order valence-electron chi connectivity index (χ0n) is 20.2. The van der Waals surface area contributed by atoms with Gasteiger partial charge in [0, 0.05) is 17.8 Å². The average molecular weight is 526 g/mol. The molecular weight excluding hydrogens is 501 g/mol. The number of halogens is 1. The number of methoxy groups -OCH3 is 3. The lowest BCUT2D eigenvalue weighted by molar-refractivity contribution is 0.324. The predicted octanol–water partition coefficient (Wildman–Crippen LogP) is 4.93. The summed E-state index contributed by atoms with van der Waals surface area (Å²) in [7, 11) is 0.598. The molecular formula is C25H24FN5O5S. The number of aromatic nitrogens is 2. The second kappa shape index (κ2) is 11.0. The third kappa shape index (κ3) is 5.81. The van der Waals surface area contributed by atoms with Gasteiger partial charge < -0.3 is 24.8 Å². The average Bonchev–Trinajstić information content (AvgIpc) is 2.91. The van der Waals surface area contributed by atoms with Crippen molar-refractivity contribution in [1.29, 1.82) is 0 Å². The molecule has 4 aromatic rings. The summed E-state index contributed by atoms with van der Waals surface area (Å²) in [5, 5.41) is 5.82. The third-order valence-corrected chi connectivity index (χ3v) is 6.52. The maximum Gasteiger partial charge on any atom is 0.261 e. The van der Waals surface area contributed by atoms with Crippen LogP contribution in [0.25, 0.3) is 0 Å². The molecule has 37 heavy (non-hydrogen) atoms. The van der Waals surface area contributed by atoms with Gasteiger partial charge in [0.1, 0.15) is 0 Å². The molecule has 0 aliphatic carbocycles. The molecule has 1 aromatic heterocycles. The van der Waals surface area contributed by atoms with Gasteiger partial charge in [-0.05, 0) is 24.3 Å². The van der Waals surface area contributed by atoms with Crippen molar-refractivity contribution in [2.75, 3.05) is 36.7 Å². The Bertz CT molecular complexity index is 1480. The van der Waals surface area contributed by atoms with E-state index in [2.05, 4.69) is 25.3 Å². The number of sulfonamides is 1. The summed E-state index contributed by atoms with van der Waals surface area (Å²) in [5.74, 6) is 0.384. The van der Waals surface area contributed by atoms with E-state index in [4.69, 9.17) is 14.2 Å². The number of rotatable bonds is 10. The molecule has 12 heteroatoms. The Kier molecular flexibility index (Phi) is 7.58. The molecule has 4 rings (SSSR count). The first-order chi connectivity index (χ1) is 17.8. The van der Waals surface area contributed by atoms with Gasteiger partial charge in [-0.25, -0.2) is 17.8 Å². The molecule has 0 amide bonds. The lowest BCUT2D eigenvalue weighted by Crippen LogP contribution is -2.14. The van der Waals surface area contributed by atoms with E-state index in [1.165, 1.54) is 33.5 Å². The Morgan fingerprint density at radius 2 is 1.43 bits per heavy atom. The van der Waals surface area contributed by atoms with Crippen molar-refractivity contribution in [3.63, 3.8) is 0 Å². The highest BCUT2D eigenvalue weighted by Crippen LogP contribution is 2.40. The van der Waals surface area contributed by atoms with Crippen LogP contribution in [-0.4, -0.2) is 39.7 Å². The Morgan fingerprint density at radius 1 is 0.811 bits per heavy atom. The van der Waals surface area contributed by atoms with Gasteiger partial charge in [-0.1, -0.05) is 30.3 Å². The highest BCUT2D eigenvalue weighted by molar-refractivity contribution is 7.92. The molecule has 0 atom stereocenters. The lowest BCUT2D eigenvalue weighted by atomic mass is 10.2. The maximum absolute atomic E-state index is 14.7. The second-order valence-corrected chi connectivity index (χ2v) is 9.20. The number of nitrogens with zero attached hydrogens (tertiary/aromatic N) is 2. The fraction of sp³-hybridized carbons (Fsp3) is 0.120. The molecule has 0 saturated carbocycles. The van der Waals surface area contributed by atoms with E-state index >= 15 is 0 Å². The minimum Gasteiger partial charge on any atom is -0.493 e. The summed E-state index contributed by atoms with van der Waals surface area (Å²) < 4.78 is 58.8. The number of para-hydroxylation sites is 2. The molecule has 0 bridgehead atoms. The predicted molar refractivity (Wildman–Crippen MR) is 138 cm³/mol. The van der Waals surface area contributed by atoms with Crippen LogP contribution < -0.4 is 29.6 Å². The molecule has 3 aromatic carbocycles. The van der Waals surface area contributed by atoms with Crippen LogP contribution in [0.2, 0.25) is 0 Å². The van der Waals surface area contributed by atoms with Gasteiger partial charge >= 0.3 is 0 Å². The van der Waals surface area contributed by atoms with Gasteiger partial charge in [-0.15, -0.1) is 0 Å². The summed E-state index contributed by atoms with van der Waals surface area (Å²) in [6.45, 7) is 0. The fourth-order valence-corrected chi connectivity index (χ4v) is 4.51. The van der Waals surface area contributed by atoms with E-state index in [0.717, 1.165) is 6.20 Å². The summed E-state index contributed by atoms with van der Waals surface area (Å²) in [5.41, 5.74) is 1.00. The minimum absolute atomic E-state index is 0.0699. The number of benzene rings is 3. The Morgan fingerprint density at radius 3 is 2.05 bits per heavy atom. The third-order valence-electron chi connectivity index (χ3n) is 5.14. The van der Waals surface area contributed by atoms with Crippen LogP contribution in [0.1, 0.15) is 0 Å². The molecule has 192 valence electrons. The van der Waals surface area contributed by atoms with E-state index in [1.807, 2.05) is 0 Å². The number of nitrogens with one attached hydrogen (secondary N) is 3. The van der Waals surface area contributed by atoms with Crippen LogP contribution in [0.15, 0.2) is 77.8 Å². The first-order valence-electron chi connectivity index (χ1n) is 10.9. The monoisotopic (exact) mass is 525 g/mol. The number of ether oxygens (including phenoxy) is 3. The molecule has 0 spiro atoms. The standard InChI is InChI=1S/C25H24FN5O5S/c1-34-21-13-16(14-22(35-2)23(21)36-3)28-25-27-15-18(26)24(30-25)29-19-11-7-8-12-20(19)31-37(32,33)17-9-5-4-6-10-17/h4-15,31H,1-3H3,(H2,27,28,29,30). The van der Waals surface area contributed by atoms with E-state index < -0.39 is 15.8 Å². The van der Waals surface area contributed by atoms with Crippen LogP contribution in [0, 0.1) is 5.82 Å². The van der Waals surface area contributed by atoms with Gasteiger partial charge in [-0.3, -0.25) is 4.72 Å². The maximum atomic E-state index is 14.7. The summed E-state index contributed by atoms with van der Waals surface area (Å²) in [4.78, 5) is 8.30. The van der Waals surface area contributed by atoms with Gasteiger partial charge in [0.25, 0.3) is 10.0 Å². The van der Waals surface area contributed by atoms with E-state index in [-0.39, 0.29) is 22.3 Å². The van der Waals surface area contributed by atoms with Gasteiger partial charge in [0.15, 0.2) is 23.1 Å². The van der Waals surface area contributed by atoms with E-state index in [1.54, 1.807) is 54.6 Å². The largest absolute Gasteiger partial charge is 0.493 e. The molecule has 0 aliphatic rings. The summed E-state index contributed by atoms with van der Waals surface area (Å²) >= 11 is 0. The number of hydrogen-bond donors (Lipinski definition) is 3. The topological polar surface area (TPSA) is 124 Å². The van der Waals surface area contributed by atoms with Gasteiger partial charge in [0.05, 0.1) is 43.8 Å². The van der Waals surface area contributed by atoms with Crippen LogP contribution in [-0.2, 0) is 10.0 Å². The van der Waals surface area contributed by atoms with Crippen LogP contribution >= 0.6 is 0 Å². The SMILES string of the molecule is COc1cc(Nc2ncc(F)c(Nc3ccccc3NS(=O)(=O)c3ccccc3)n2)cc(OC)c1OC. The van der Waals surface area contributed by atoms with Crippen molar-refractivity contribution >= 4 is 38.9 Å². The van der Waals surface area contributed by atoms with Crippen molar-refractivity contribution in [2.24, 2.45) is 0 Å². The Balaban J connectivity index is 1.61.